The third-order valence-corrected chi connectivity index (χ3v) is 3.62. The molecule has 2 N–H and O–H groups in total. The van der Waals surface area contributed by atoms with Crippen LogP contribution in [-0.4, -0.2) is 14.3 Å². The van der Waals surface area contributed by atoms with Crippen LogP contribution in [-0.2, 0) is 6.54 Å². The SMILES string of the molecule is CCC(CC)n1ccc(Cn2ccc(C(C)N)c2)n1. The molecule has 4 heteroatoms. The van der Waals surface area contributed by atoms with E-state index in [-0.39, 0.29) is 6.04 Å². The second-order valence-electron chi connectivity index (χ2n) is 5.16. The van der Waals surface area contributed by atoms with Gasteiger partial charge in [0.15, 0.2) is 0 Å². The highest BCUT2D eigenvalue weighted by Crippen LogP contribution is 2.15. The monoisotopic (exact) mass is 260 g/mol. The van der Waals surface area contributed by atoms with E-state index in [9.17, 15) is 0 Å². The fourth-order valence-corrected chi connectivity index (χ4v) is 2.34. The van der Waals surface area contributed by atoms with Gasteiger partial charge in [-0.2, -0.15) is 5.10 Å². The summed E-state index contributed by atoms with van der Waals surface area (Å²) in [7, 11) is 0. The van der Waals surface area contributed by atoms with Crippen molar-refractivity contribution < 1.29 is 0 Å². The maximum atomic E-state index is 5.87. The molecule has 0 saturated carbocycles. The zero-order valence-electron chi connectivity index (χ0n) is 12.1. The molecule has 0 aromatic carbocycles. The van der Waals surface area contributed by atoms with Gasteiger partial charge in [0.1, 0.15) is 0 Å². The van der Waals surface area contributed by atoms with E-state index in [0.29, 0.717) is 6.04 Å². The average molecular weight is 260 g/mol. The number of nitrogens with two attached hydrogens (primary N) is 1. The van der Waals surface area contributed by atoms with E-state index in [1.54, 1.807) is 0 Å². The Morgan fingerprint density at radius 2 is 1.95 bits per heavy atom. The topological polar surface area (TPSA) is 48.8 Å². The summed E-state index contributed by atoms with van der Waals surface area (Å²) >= 11 is 0. The molecule has 0 aliphatic rings. The second-order valence-corrected chi connectivity index (χ2v) is 5.16. The lowest BCUT2D eigenvalue weighted by Crippen LogP contribution is -2.08. The lowest BCUT2D eigenvalue weighted by molar-refractivity contribution is 0.424. The van der Waals surface area contributed by atoms with Crippen molar-refractivity contribution in [3.63, 3.8) is 0 Å². The van der Waals surface area contributed by atoms with E-state index in [1.807, 2.05) is 6.92 Å². The first-order valence-electron chi connectivity index (χ1n) is 7.09. The second kappa shape index (κ2) is 6.06. The van der Waals surface area contributed by atoms with Crippen molar-refractivity contribution >= 4 is 0 Å². The van der Waals surface area contributed by atoms with Crippen LogP contribution in [0.3, 0.4) is 0 Å². The summed E-state index contributed by atoms with van der Waals surface area (Å²) < 4.78 is 4.23. The van der Waals surface area contributed by atoms with Crippen molar-refractivity contribution in [2.24, 2.45) is 5.73 Å². The van der Waals surface area contributed by atoms with Crippen LogP contribution in [0.2, 0.25) is 0 Å². The summed E-state index contributed by atoms with van der Waals surface area (Å²) in [5.41, 5.74) is 8.13. The van der Waals surface area contributed by atoms with E-state index >= 15 is 0 Å². The Labute approximate surface area is 115 Å². The van der Waals surface area contributed by atoms with Gasteiger partial charge in [-0.25, -0.2) is 0 Å². The lowest BCUT2D eigenvalue weighted by Gasteiger charge is -2.12. The van der Waals surface area contributed by atoms with Crippen LogP contribution in [0.1, 0.15) is 57.0 Å². The first-order chi connectivity index (χ1) is 9.13. The summed E-state index contributed by atoms with van der Waals surface area (Å²) in [6, 6.07) is 4.77. The third kappa shape index (κ3) is 3.26. The molecule has 2 aromatic heterocycles. The minimum Gasteiger partial charge on any atom is -0.348 e. The molecule has 104 valence electrons. The molecule has 0 bridgehead atoms. The first kappa shape index (κ1) is 13.9. The standard InChI is InChI=1S/C15H24N4/c1-4-15(5-2)19-9-7-14(17-19)11-18-8-6-13(10-18)12(3)16/h6-10,12,15H,4-5,11,16H2,1-3H3. The van der Waals surface area contributed by atoms with Gasteiger partial charge in [-0.05, 0) is 37.5 Å². The van der Waals surface area contributed by atoms with Crippen molar-refractivity contribution in [2.45, 2.75) is 52.2 Å². The van der Waals surface area contributed by atoms with Crippen LogP contribution < -0.4 is 5.73 Å². The molecular weight excluding hydrogens is 236 g/mol. The molecule has 1 unspecified atom stereocenters. The van der Waals surface area contributed by atoms with Gasteiger partial charge in [-0.1, -0.05) is 13.8 Å². The van der Waals surface area contributed by atoms with E-state index in [2.05, 4.69) is 58.9 Å². The molecule has 0 radical (unpaired) electrons. The fourth-order valence-electron chi connectivity index (χ4n) is 2.34. The molecule has 1 atom stereocenters. The predicted octanol–water partition coefficient (Wildman–Crippen LogP) is 3.11. The van der Waals surface area contributed by atoms with E-state index < -0.39 is 0 Å². The summed E-state index contributed by atoms with van der Waals surface area (Å²) in [4.78, 5) is 0. The molecule has 2 heterocycles. The molecule has 0 amide bonds. The molecule has 0 spiro atoms. The van der Waals surface area contributed by atoms with Crippen LogP contribution in [0.5, 0.6) is 0 Å². The molecule has 0 saturated heterocycles. The van der Waals surface area contributed by atoms with Gasteiger partial charge in [-0.3, -0.25) is 4.68 Å². The minimum atomic E-state index is 0.0865. The number of aromatic nitrogens is 3. The predicted molar refractivity (Wildman–Crippen MR) is 78.0 cm³/mol. The van der Waals surface area contributed by atoms with Crippen LogP contribution in [0.25, 0.3) is 0 Å². The van der Waals surface area contributed by atoms with Crippen molar-refractivity contribution in [1.29, 1.82) is 0 Å². The number of nitrogens with zero attached hydrogens (tertiary/aromatic N) is 3. The third-order valence-electron chi connectivity index (χ3n) is 3.62. The Kier molecular flexibility index (Phi) is 4.43. The highest BCUT2D eigenvalue weighted by molar-refractivity contribution is 5.15. The number of hydrogen-bond acceptors (Lipinski definition) is 2. The zero-order chi connectivity index (χ0) is 13.8. The summed E-state index contributed by atoms with van der Waals surface area (Å²) in [5.74, 6) is 0. The summed E-state index contributed by atoms with van der Waals surface area (Å²) in [5, 5.41) is 4.67. The molecule has 2 rings (SSSR count). The van der Waals surface area contributed by atoms with E-state index in [1.165, 1.54) is 5.56 Å². The molecular formula is C15H24N4. The highest BCUT2D eigenvalue weighted by Gasteiger charge is 2.08. The molecule has 4 nitrogen and oxygen atoms in total. The van der Waals surface area contributed by atoms with Crippen molar-refractivity contribution in [3.8, 4) is 0 Å². The van der Waals surface area contributed by atoms with E-state index in [0.717, 1.165) is 25.1 Å². The van der Waals surface area contributed by atoms with Crippen molar-refractivity contribution in [1.82, 2.24) is 14.3 Å². The van der Waals surface area contributed by atoms with Gasteiger partial charge < -0.3 is 10.3 Å². The van der Waals surface area contributed by atoms with Crippen LogP contribution in [0.4, 0.5) is 0 Å². The molecule has 0 fully saturated rings. The van der Waals surface area contributed by atoms with Gasteiger partial charge in [0, 0.05) is 24.6 Å². The van der Waals surface area contributed by atoms with Gasteiger partial charge in [0.2, 0.25) is 0 Å². The highest BCUT2D eigenvalue weighted by atomic mass is 15.3. The van der Waals surface area contributed by atoms with E-state index in [4.69, 9.17) is 5.73 Å². The normalized spacial score (nSPS) is 13.1. The van der Waals surface area contributed by atoms with Crippen LogP contribution in [0, 0.1) is 0 Å². The number of hydrogen-bond donors (Lipinski definition) is 1. The summed E-state index contributed by atoms with van der Waals surface area (Å²) in [6.45, 7) is 7.22. The van der Waals surface area contributed by atoms with Gasteiger partial charge in [-0.15, -0.1) is 0 Å². The van der Waals surface area contributed by atoms with Crippen molar-refractivity contribution in [2.75, 3.05) is 0 Å². The van der Waals surface area contributed by atoms with Gasteiger partial charge >= 0.3 is 0 Å². The van der Waals surface area contributed by atoms with Crippen LogP contribution in [0.15, 0.2) is 30.7 Å². The quantitative estimate of drug-likeness (QED) is 0.867. The summed E-state index contributed by atoms with van der Waals surface area (Å²) in [6.07, 6.45) is 8.49. The largest absolute Gasteiger partial charge is 0.348 e. The first-order valence-corrected chi connectivity index (χ1v) is 7.09. The Bertz CT molecular complexity index is 506. The molecule has 0 aliphatic heterocycles. The van der Waals surface area contributed by atoms with Gasteiger partial charge in [0.25, 0.3) is 0 Å². The number of rotatable bonds is 6. The van der Waals surface area contributed by atoms with Crippen molar-refractivity contribution in [3.05, 3.63) is 42.0 Å². The lowest BCUT2D eigenvalue weighted by atomic mass is 10.2. The zero-order valence-corrected chi connectivity index (χ0v) is 12.1. The Balaban J connectivity index is 2.06. The maximum Gasteiger partial charge on any atom is 0.0821 e. The Hall–Kier alpha value is -1.55. The molecule has 0 aliphatic carbocycles. The molecule has 2 aromatic rings. The van der Waals surface area contributed by atoms with Crippen LogP contribution >= 0.6 is 0 Å². The van der Waals surface area contributed by atoms with Gasteiger partial charge in [0.05, 0.1) is 18.3 Å². The minimum absolute atomic E-state index is 0.0865. The smallest absolute Gasteiger partial charge is 0.0821 e. The maximum absolute atomic E-state index is 5.87. The fraction of sp³-hybridized carbons (Fsp3) is 0.533. The molecule has 19 heavy (non-hydrogen) atoms. The Morgan fingerprint density at radius 1 is 1.21 bits per heavy atom. The Morgan fingerprint density at radius 3 is 2.53 bits per heavy atom. The average Bonchev–Trinajstić information content (AvgIpc) is 3.01.